The van der Waals surface area contributed by atoms with E-state index in [0.29, 0.717) is 5.82 Å². The Labute approximate surface area is 113 Å². The number of aromatic carboxylic acids is 1. The molecule has 2 heterocycles. The molecule has 0 saturated carbocycles. The highest BCUT2D eigenvalue weighted by Crippen LogP contribution is 2.23. The molecule has 2 N–H and O–H groups in total. The molecule has 6 heteroatoms. The van der Waals surface area contributed by atoms with E-state index < -0.39 is 5.97 Å². The van der Waals surface area contributed by atoms with Crippen molar-refractivity contribution in [3.05, 3.63) is 45.2 Å². The predicted molar refractivity (Wildman–Crippen MR) is 72.6 cm³/mol. The number of nitrogens with zero attached hydrogens (tertiary/aromatic N) is 1. The summed E-state index contributed by atoms with van der Waals surface area (Å²) in [6.07, 6.45) is 0. The van der Waals surface area contributed by atoms with Gasteiger partial charge in [0.2, 0.25) is 0 Å². The molecule has 0 aliphatic rings. The Morgan fingerprint density at radius 1 is 1.56 bits per heavy atom. The molecule has 0 amide bonds. The maximum atomic E-state index is 10.9. The maximum Gasteiger partial charge on any atom is 0.335 e. The molecule has 0 aliphatic carbocycles. The van der Waals surface area contributed by atoms with E-state index in [1.165, 1.54) is 12.1 Å². The molecule has 0 bridgehead atoms. The van der Waals surface area contributed by atoms with Gasteiger partial charge in [-0.05, 0) is 30.5 Å². The molecule has 2 aromatic rings. The van der Waals surface area contributed by atoms with Gasteiger partial charge in [0.1, 0.15) is 11.0 Å². The normalized spacial score (nSPS) is 12.1. The lowest BCUT2D eigenvalue weighted by Gasteiger charge is -2.13. The number of rotatable bonds is 4. The van der Waals surface area contributed by atoms with Crippen molar-refractivity contribution in [1.29, 1.82) is 0 Å². The number of hydrogen-bond acceptors (Lipinski definition) is 4. The van der Waals surface area contributed by atoms with E-state index in [9.17, 15) is 4.79 Å². The van der Waals surface area contributed by atoms with Gasteiger partial charge in [0.25, 0.3) is 0 Å². The van der Waals surface area contributed by atoms with E-state index in [4.69, 9.17) is 16.7 Å². The number of carboxylic acids is 1. The Morgan fingerprint density at radius 3 is 2.94 bits per heavy atom. The highest BCUT2D eigenvalue weighted by atomic mass is 35.5. The summed E-state index contributed by atoms with van der Waals surface area (Å²) in [5, 5.41) is 14.2. The van der Waals surface area contributed by atoms with Crippen molar-refractivity contribution < 1.29 is 9.90 Å². The lowest BCUT2D eigenvalue weighted by molar-refractivity contribution is 0.0697. The third-order valence-corrected chi connectivity index (χ3v) is 3.62. The monoisotopic (exact) mass is 282 g/mol. The van der Waals surface area contributed by atoms with Crippen molar-refractivity contribution in [3.63, 3.8) is 0 Å². The Bertz CT molecular complexity index is 557. The summed E-state index contributed by atoms with van der Waals surface area (Å²) in [6.45, 7) is 1.98. The third kappa shape index (κ3) is 3.00. The third-order valence-electron chi connectivity index (χ3n) is 2.38. The largest absolute Gasteiger partial charge is 0.478 e. The van der Waals surface area contributed by atoms with E-state index >= 15 is 0 Å². The van der Waals surface area contributed by atoms with E-state index in [1.54, 1.807) is 11.3 Å². The highest BCUT2D eigenvalue weighted by molar-refractivity contribution is 7.10. The first-order chi connectivity index (χ1) is 8.56. The summed E-state index contributed by atoms with van der Waals surface area (Å²) in [5.74, 6) is -0.563. The molecule has 94 valence electrons. The summed E-state index contributed by atoms with van der Waals surface area (Å²) in [6, 6.07) is 6.82. The van der Waals surface area contributed by atoms with Crippen LogP contribution in [0.15, 0.2) is 29.6 Å². The maximum absolute atomic E-state index is 10.9. The first-order valence-corrected chi connectivity index (χ1v) is 6.53. The number of carbonyl (C=O) groups is 1. The molecule has 0 saturated heterocycles. The summed E-state index contributed by atoms with van der Waals surface area (Å²) in [5.41, 5.74) is 0.121. The number of nitrogens with one attached hydrogen (secondary N) is 1. The van der Waals surface area contributed by atoms with Crippen LogP contribution in [0.3, 0.4) is 0 Å². The van der Waals surface area contributed by atoms with Crippen LogP contribution >= 0.6 is 22.9 Å². The molecule has 0 fully saturated rings. The van der Waals surface area contributed by atoms with E-state index in [2.05, 4.69) is 10.3 Å². The molecular weight excluding hydrogens is 272 g/mol. The standard InChI is InChI=1S/C12H11ClN2O2S/c1-7(9-3-2-4-18-9)14-11-6-8(12(16)17)5-10(13)15-11/h2-7H,1H3,(H,14,15)(H,16,17). The van der Waals surface area contributed by atoms with Crippen molar-refractivity contribution in [2.75, 3.05) is 5.32 Å². The second kappa shape index (κ2) is 5.37. The number of thiophene rings is 1. The van der Waals surface area contributed by atoms with Gasteiger partial charge in [-0.15, -0.1) is 11.3 Å². The van der Waals surface area contributed by atoms with Crippen molar-refractivity contribution in [2.24, 2.45) is 0 Å². The minimum Gasteiger partial charge on any atom is -0.478 e. The molecule has 0 radical (unpaired) electrons. The first-order valence-electron chi connectivity index (χ1n) is 5.27. The summed E-state index contributed by atoms with van der Waals surface area (Å²) < 4.78 is 0. The molecule has 2 aromatic heterocycles. The summed E-state index contributed by atoms with van der Waals surface area (Å²) in [4.78, 5) is 16.1. The fourth-order valence-corrected chi connectivity index (χ4v) is 2.47. The van der Waals surface area contributed by atoms with Crippen LogP contribution in [0.2, 0.25) is 5.15 Å². The molecule has 2 rings (SSSR count). The number of carboxylic acid groups (broad SMARTS) is 1. The number of anilines is 1. The first kappa shape index (κ1) is 12.9. The van der Waals surface area contributed by atoms with Crippen LogP contribution in [0.1, 0.15) is 28.2 Å². The molecule has 0 spiro atoms. The molecule has 0 aromatic carbocycles. The Kier molecular flexibility index (Phi) is 3.84. The van der Waals surface area contributed by atoms with Gasteiger partial charge < -0.3 is 10.4 Å². The molecule has 1 atom stereocenters. The summed E-state index contributed by atoms with van der Waals surface area (Å²) >= 11 is 7.42. The fraction of sp³-hybridized carbons (Fsp3) is 0.167. The number of pyridine rings is 1. The van der Waals surface area contributed by atoms with Gasteiger partial charge in [0, 0.05) is 4.88 Å². The minimum absolute atomic E-state index is 0.0533. The lowest BCUT2D eigenvalue weighted by atomic mass is 10.2. The smallest absolute Gasteiger partial charge is 0.335 e. The minimum atomic E-state index is -1.02. The zero-order valence-electron chi connectivity index (χ0n) is 9.55. The van der Waals surface area contributed by atoms with E-state index in [0.717, 1.165) is 4.88 Å². The Morgan fingerprint density at radius 2 is 2.33 bits per heavy atom. The van der Waals surface area contributed by atoms with Crippen molar-refractivity contribution in [3.8, 4) is 0 Å². The predicted octanol–water partition coefficient (Wildman–Crippen LogP) is 3.67. The highest BCUT2D eigenvalue weighted by Gasteiger charge is 2.11. The number of aromatic nitrogens is 1. The Hall–Kier alpha value is -1.59. The van der Waals surface area contributed by atoms with Crippen molar-refractivity contribution in [2.45, 2.75) is 13.0 Å². The van der Waals surface area contributed by atoms with Gasteiger partial charge in [0.05, 0.1) is 11.6 Å². The number of hydrogen-bond donors (Lipinski definition) is 2. The van der Waals surface area contributed by atoms with Crippen molar-refractivity contribution >= 4 is 34.7 Å². The average molecular weight is 283 g/mol. The molecule has 18 heavy (non-hydrogen) atoms. The van der Waals surface area contributed by atoms with Crippen LogP contribution < -0.4 is 5.32 Å². The number of halogens is 1. The molecular formula is C12H11ClN2O2S. The quantitative estimate of drug-likeness (QED) is 0.840. The fourth-order valence-electron chi connectivity index (χ4n) is 1.52. The van der Waals surface area contributed by atoms with Crippen LogP contribution in [0.25, 0.3) is 0 Å². The lowest BCUT2D eigenvalue weighted by Crippen LogP contribution is -2.08. The molecule has 1 unspecified atom stereocenters. The van der Waals surface area contributed by atoms with Gasteiger partial charge in [0.15, 0.2) is 0 Å². The van der Waals surface area contributed by atoms with Crippen LogP contribution in [0.4, 0.5) is 5.82 Å². The van der Waals surface area contributed by atoms with Gasteiger partial charge in [-0.1, -0.05) is 17.7 Å². The second-order valence-electron chi connectivity index (χ2n) is 3.75. The van der Waals surface area contributed by atoms with Gasteiger partial charge >= 0.3 is 5.97 Å². The SMILES string of the molecule is CC(Nc1cc(C(=O)O)cc(Cl)n1)c1cccs1. The van der Waals surface area contributed by atoms with Crippen LogP contribution in [-0.2, 0) is 0 Å². The van der Waals surface area contributed by atoms with Crippen LogP contribution in [0.5, 0.6) is 0 Å². The van der Waals surface area contributed by atoms with Crippen LogP contribution in [-0.4, -0.2) is 16.1 Å². The van der Waals surface area contributed by atoms with Crippen LogP contribution in [0, 0.1) is 0 Å². The average Bonchev–Trinajstić information content (AvgIpc) is 2.81. The van der Waals surface area contributed by atoms with Crippen molar-refractivity contribution in [1.82, 2.24) is 4.98 Å². The second-order valence-corrected chi connectivity index (χ2v) is 5.12. The molecule has 0 aliphatic heterocycles. The van der Waals surface area contributed by atoms with E-state index in [-0.39, 0.29) is 16.8 Å². The zero-order chi connectivity index (χ0) is 13.1. The topological polar surface area (TPSA) is 62.2 Å². The Balaban J connectivity index is 2.21. The molecule has 4 nitrogen and oxygen atoms in total. The van der Waals surface area contributed by atoms with Gasteiger partial charge in [-0.3, -0.25) is 0 Å². The summed E-state index contributed by atoms with van der Waals surface area (Å²) in [7, 11) is 0. The van der Waals surface area contributed by atoms with E-state index in [1.807, 2.05) is 24.4 Å². The van der Waals surface area contributed by atoms with Gasteiger partial charge in [-0.25, -0.2) is 9.78 Å². The van der Waals surface area contributed by atoms with Gasteiger partial charge in [-0.2, -0.15) is 0 Å². The zero-order valence-corrected chi connectivity index (χ0v) is 11.1.